The third-order valence-corrected chi connectivity index (χ3v) is 5.78. The van der Waals surface area contributed by atoms with Crippen LogP contribution >= 0.6 is 0 Å². The maximum Gasteiger partial charge on any atom is 1.00 e. The van der Waals surface area contributed by atoms with Gasteiger partial charge >= 0.3 is 41.5 Å². The molecule has 0 radical (unpaired) electrons. The molecule has 0 aliphatic carbocycles. The minimum absolute atomic E-state index is 0. The molecule has 4 aromatic rings. The number of nitrogen functional groups attached to an aromatic ring is 2. The fraction of sp³-hybridized carbons (Fsp3) is 0.161. The molecule has 12 heteroatoms. The molecule has 0 saturated heterocycles. The molecule has 0 amide bonds. The van der Waals surface area contributed by atoms with Crippen LogP contribution in [-0.4, -0.2) is 43.9 Å². The average molecular weight is 601 g/mol. The van der Waals surface area contributed by atoms with Crippen LogP contribution in [0.25, 0.3) is 0 Å². The van der Waals surface area contributed by atoms with Crippen molar-refractivity contribution in [3.8, 4) is 23.0 Å². The fourth-order valence-corrected chi connectivity index (χ4v) is 3.64. The number of nitrogens with two attached hydrogens (primary N) is 2. The second kappa shape index (κ2) is 18.2. The van der Waals surface area contributed by atoms with Gasteiger partial charge in [-0.25, -0.2) is 9.59 Å². The number of methoxy groups -OCH3 is 3. The zero-order valence-electron chi connectivity index (χ0n) is 24.4. The molecule has 0 aliphatic heterocycles. The van der Waals surface area contributed by atoms with Gasteiger partial charge in [-0.1, -0.05) is 60.7 Å². The van der Waals surface area contributed by atoms with Gasteiger partial charge < -0.3 is 45.7 Å². The zero-order chi connectivity index (χ0) is 29.8. The van der Waals surface area contributed by atoms with Crippen LogP contribution < -0.4 is 60.0 Å². The van der Waals surface area contributed by atoms with E-state index < -0.39 is 11.9 Å². The van der Waals surface area contributed by atoms with Crippen LogP contribution in [0, 0.1) is 0 Å². The van der Waals surface area contributed by atoms with Crippen LogP contribution in [0.5, 0.6) is 23.0 Å². The van der Waals surface area contributed by atoms with E-state index in [0.717, 1.165) is 11.1 Å². The van der Waals surface area contributed by atoms with Crippen molar-refractivity contribution < 1.29 is 73.4 Å². The molecule has 0 aliphatic rings. The third-order valence-electron chi connectivity index (χ3n) is 5.78. The number of carbonyl (C=O) groups excluding carboxylic acids is 1. The van der Waals surface area contributed by atoms with E-state index in [2.05, 4.69) is 0 Å². The quantitative estimate of drug-likeness (QED) is 0.138. The molecule has 6 N–H and O–H groups in total. The molecule has 222 valence electrons. The van der Waals surface area contributed by atoms with E-state index in [9.17, 15) is 9.59 Å². The van der Waals surface area contributed by atoms with Crippen LogP contribution in [0.1, 0.15) is 31.8 Å². The molecule has 0 unspecified atom stereocenters. The molecule has 0 heterocycles. The van der Waals surface area contributed by atoms with Crippen LogP contribution in [-0.2, 0) is 18.0 Å². The Labute approximate surface area is 271 Å². The van der Waals surface area contributed by atoms with Gasteiger partial charge in [0.1, 0.15) is 13.2 Å². The Balaban J connectivity index is 0.000000411. The number of hydrogen-bond donors (Lipinski definition) is 3. The number of esters is 1. The fourth-order valence-electron chi connectivity index (χ4n) is 3.64. The van der Waals surface area contributed by atoms with Gasteiger partial charge in [0.15, 0.2) is 23.0 Å². The van der Waals surface area contributed by atoms with Gasteiger partial charge in [0.2, 0.25) is 0 Å². The molecule has 0 saturated carbocycles. The summed E-state index contributed by atoms with van der Waals surface area (Å²) in [5, 5.41) is 9.06. The number of carboxylic acids is 1. The van der Waals surface area contributed by atoms with Gasteiger partial charge in [0.25, 0.3) is 0 Å². The van der Waals surface area contributed by atoms with E-state index in [1.54, 1.807) is 6.07 Å². The summed E-state index contributed by atoms with van der Waals surface area (Å²) in [7, 11) is 4.29. The van der Waals surface area contributed by atoms with Crippen molar-refractivity contribution in [1.29, 1.82) is 0 Å². The minimum Gasteiger partial charge on any atom is -0.870 e. The molecule has 0 atom stereocenters. The second-order valence-electron chi connectivity index (χ2n) is 8.53. The summed E-state index contributed by atoms with van der Waals surface area (Å²) in [5.41, 5.74) is 14.1. The zero-order valence-corrected chi connectivity index (χ0v) is 26.4. The normalized spacial score (nSPS) is 9.56. The molecule has 4 aromatic carbocycles. The van der Waals surface area contributed by atoms with E-state index in [0.29, 0.717) is 36.2 Å². The first-order valence-corrected chi connectivity index (χ1v) is 12.4. The first kappa shape index (κ1) is 36.6. The van der Waals surface area contributed by atoms with Gasteiger partial charge in [0, 0.05) is 24.3 Å². The average Bonchev–Trinajstić information content (AvgIpc) is 3.00. The van der Waals surface area contributed by atoms with Crippen molar-refractivity contribution in [2.45, 2.75) is 13.2 Å². The number of ether oxygens (including phenoxy) is 5. The second-order valence-corrected chi connectivity index (χ2v) is 8.53. The Bertz CT molecular complexity index is 1470. The molecule has 4 rings (SSSR count). The van der Waals surface area contributed by atoms with Crippen molar-refractivity contribution >= 4 is 23.3 Å². The summed E-state index contributed by atoms with van der Waals surface area (Å²) >= 11 is 0. The van der Waals surface area contributed by atoms with Gasteiger partial charge in [0.05, 0.1) is 43.8 Å². The number of hydrogen-bond acceptors (Lipinski definition) is 10. The maximum atomic E-state index is 11.7. The van der Waals surface area contributed by atoms with Crippen molar-refractivity contribution in [3.05, 3.63) is 107 Å². The van der Waals surface area contributed by atoms with Gasteiger partial charge in [-0.2, -0.15) is 0 Å². The van der Waals surface area contributed by atoms with E-state index in [1.807, 2.05) is 60.7 Å². The summed E-state index contributed by atoms with van der Waals surface area (Å²) < 4.78 is 26.4. The van der Waals surface area contributed by atoms with Gasteiger partial charge in [-0.15, -0.1) is 0 Å². The van der Waals surface area contributed by atoms with Crippen molar-refractivity contribution in [2.24, 2.45) is 0 Å². The Morgan fingerprint density at radius 2 is 1.05 bits per heavy atom. The van der Waals surface area contributed by atoms with Crippen LogP contribution in [0.4, 0.5) is 11.4 Å². The van der Waals surface area contributed by atoms with Crippen molar-refractivity contribution in [3.63, 3.8) is 0 Å². The summed E-state index contributed by atoms with van der Waals surface area (Å²) in [6.07, 6.45) is 0. The van der Waals surface area contributed by atoms with Crippen LogP contribution in [0.2, 0.25) is 0 Å². The Hall–Kier alpha value is -4.42. The van der Waals surface area contributed by atoms with Gasteiger partial charge in [-0.3, -0.25) is 0 Å². The monoisotopic (exact) mass is 600 g/mol. The molecule has 0 bridgehead atoms. The molecular formula is C31H33N2NaO9. The smallest absolute Gasteiger partial charge is 0.870 e. The number of benzene rings is 4. The van der Waals surface area contributed by atoms with E-state index >= 15 is 0 Å². The maximum absolute atomic E-state index is 11.7. The third kappa shape index (κ3) is 10.4. The predicted octanol–water partition coefficient (Wildman–Crippen LogP) is 2.02. The Morgan fingerprint density at radius 3 is 1.42 bits per heavy atom. The summed E-state index contributed by atoms with van der Waals surface area (Å²) in [4.78, 5) is 22.7. The number of aromatic carboxylic acids is 1. The Kier molecular flexibility index (Phi) is 15.5. The molecular weight excluding hydrogens is 567 g/mol. The molecule has 11 nitrogen and oxygen atoms in total. The number of carboxylic acid groups (broad SMARTS) is 1. The molecule has 0 spiro atoms. The standard InChI is InChI=1S/C16H17NO4.C15H15NO4.Na.H2O/c1-19-14-9-13(17)12(16(18)20-2)8-15(14)21-10-11-6-4-3-5-7-11;1-19-13-8-12(16)11(15(17)18)7-14(13)20-9-10-5-3-2-4-6-10;;/h3-9H,10,17H2,1-2H3;2-8H,9,16H2,1H3,(H,17,18);;1H2/q;;+1;/p-1. The predicted molar refractivity (Wildman–Crippen MR) is 157 cm³/mol. The molecule has 43 heavy (non-hydrogen) atoms. The van der Waals surface area contributed by atoms with E-state index in [1.165, 1.54) is 39.5 Å². The summed E-state index contributed by atoms with van der Waals surface area (Å²) in [6.45, 7) is 0.682. The topological polar surface area (TPSA) is 183 Å². The SMILES string of the molecule is COC(=O)c1cc(OCc2ccccc2)c(OC)cc1N.COc1cc(N)c(C(=O)O)cc1OCc1ccccc1.[Na+].[OH-]. The van der Waals surface area contributed by atoms with E-state index in [-0.39, 0.29) is 57.5 Å². The van der Waals surface area contributed by atoms with Crippen molar-refractivity contribution in [2.75, 3.05) is 32.8 Å². The number of carbonyl (C=O) groups is 2. The van der Waals surface area contributed by atoms with Gasteiger partial charge in [-0.05, 0) is 11.1 Å². The Morgan fingerprint density at radius 1 is 0.651 bits per heavy atom. The number of rotatable bonds is 10. The molecule has 0 aromatic heterocycles. The summed E-state index contributed by atoms with van der Waals surface area (Å²) in [5.74, 6) is 0.0489. The van der Waals surface area contributed by atoms with Crippen LogP contribution in [0.3, 0.4) is 0 Å². The van der Waals surface area contributed by atoms with E-state index in [4.69, 9.17) is 40.3 Å². The molecule has 0 fully saturated rings. The summed E-state index contributed by atoms with van der Waals surface area (Å²) in [6, 6.07) is 25.2. The van der Waals surface area contributed by atoms with Crippen LogP contribution in [0.15, 0.2) is 84.9 Å². The first-order valence-electron chi connectivity index (χ1n) is 12.4. The van der Waals surface area contributed by atoms with Crippen molar-refractivity contribution in [1.82, 2.24) is 0 Å². The first-order chi connectivity index (χ1) is 19.8. The number of anilines is 2. The minimum atomic E-state index is -1.10. The largest absolute Gasteiger partial charge is 1.00 e.